The molecule has 0 radical (unpaired) electrons. The average Bonchev–Trinajstić information content (AvgIpc) is 3.02. The molecular formula is C17H16N2O3. The second-order valence-electron chi connectivity index (χ2n) is 5.90. The van der Waals surface area contributed by atoms with Crippen molar-refractivity contribution in [1.82, 2.24) is 4.90 Å². The maximum Gasteiger partial charge on any atom is 0.332 e. The van der Waals surface area contributed by atoms with Crippen molar-refractivity contribution in [3.63, 3.8) is 0 Å². The van der Waals surface area contributed by atoms with Crippen LogP contribution in [-0.2, 0) is 4.79 Å². The van der Waals surface area contributed by atoms with Crippen LogP contribution in [0.15, 0.2) is 36.4 Å². The third kappa shape index (κ3) is 1.63. The Bertz CT molecular complexity index is 802. The monoisotopic (exact) mass is 296 g/mol. The topological polar surface area (TPSA) is 60.9 Å². The number of amides is 3. The van der Waals surface area contributed by atoms with Crippen molar-refractivity contribution in [2.45, 2.75) is 25.5 Å². The SMILES string of the molecule is Cc1ccc(N2C(=O)[C@@H]3[C@H](O)CCN3C2=O)c2ccccc12. The van der Waals surface area contributed by atoms with E-state index in [1.54, 1.807) is 0 Å². The van der Waals surface area contributed by atoms with Gasteiger partial charge in [-0.2, -0.15) is 0 Å². The third-order valence-corrected chi connectivity index (χ3v) is 4.64. The van der Waals surface area contributed by atoms with E-state index in [1.165, 1.54) is 9.80 Å². The van der Waals surface area contributed by atoms with Crippen LogP contribution >= 0.6 is 0 Å². The van der Waals surface area contributed by atoms with E-state index >= 15 is 0 Å². The molecule has 22 heavy (non-hydrogen) atoms. The highest BCUT2D eigenvalue weighted by Crippen LogP contribution is 2.36. The highest BCUT2D eigenvalue weighted by Gasteiger charge is 2.52. The Morgan fingerprint density at radius 1 is 1.09 bits per heavy atom. The molecule has 2 aliphatic rings. The van der Waals surface area contributed by atoms with Crippen LogP contribution in [0.25, 0.3) is 10.8 Å². The van der Waals surface area contributed by atoms with Gasteiger partial charge in [0, 0.05) is 11.9 Å². The fraction of sp³-hybridized carbons (Fsp3) is 0.294. The molecule has 4 rings (SSSR count). The van der Waals surface area contributed by atoms with Gasteiger partial charge in [-0.1, -0.05) is 30.3 Å². The first-order valence-corrected chi connectivity index (χ1v) is 7.40. The molecule has 2 aromatic carbocycles. The van der Waals surface area contributed by atoms with Gasteiger partial charge >= 0.3 is 6.03 Å². The number of carbonyl (C=O) groups is 2. The number of benzene rings is 2. The smallest absolute Gasteiger partial charge is 0.332 e. The van der Waals surface area contributed by atoms with E-state index in [1.807, 2.05) is 43.3 Å². The number of aryl methyl sites for hydroxylation is 1. The van der Waals surface area contributed by atoms with E-state index < -0.39 is 12.1 Å². The minimum Gasteiger partial charge on any atom is -0.390 e. The molecule has 2 fully saturated rings. The quantitative estimate of drug-likeness (QED) is 0.819. The van der Waals surface area contributed by atoms with Crippen molar-refractivity contribution in [2.24, 2.45) is 0 Å². The van der Waals surface area contributed by atoms with Gasteiger partial charge in [0.15, 0.2) is 0 Å². The Kier molecular flexibility index (Phi) is 2.74. The zero-order chi connectivity index (χ0) is 15.4. The summed E-state index contributed by atoms with van der Waals surface area (Å²) in [6.45, 7) is 2.43. The molecule has 1 N–H and O–H groups in total. The normalized spacial score (nSPS) is 24.5. The summed E-state index contributed by atoms with van der Waals surface area (Å²) in [6.07, 6.45) is -0.303. The number of carbonyl (C=O) groups excluding carboxylic acids is 2. The number of aliphatic hydroxyl groups is 1. The van der Waals surface area contributed by atoms with E-state index in [-0.39, 0.29) is 11.9 Å². The fourth-order valence-corrected chi connectivity index (χ4v) is 3.49. The van der Waals surface area contributed by atoms with Crippen LogP contribution < -0.4 is 4.90 Å². The van der Waals surface area contributed by atoms with E-state index in [4.69, 9.17) is 0 Å². The molecular weight excluding hydrogens is 280 g/mol. The number of anilines is 1. The summed E-state index contributed by atoms with van der Waals surface area (Å²) in [5, 5.41) is 11.9. The average molecular weight is 296 g/mol. The molecule has 2 heterocycles. The number of imide groups is 1. The number of hydrogen-bond donors (Lipinski definition) is 1. The zero-order valence-corrected chi connectivity index (χ0v) is 12.2. The van der Waals surface area contributed by atoms with Crippen molar-refractivity contribution in [3.05, 3.63) is 42.0 Å². The van der Waals surface area contributed by atoms with Crippen molar-refractivity contribution >= 4 is 28.4 Å². The highest BCUT2D eigenvalue weighted by atomic mass is 16.3. The molecule has 5 heteroatoms. The van der Waals surface area contributed by atoms with Gasteiger partial charge in [-0.15, -0.1) is 0 Å². The largest absolute Gasteiger partial charge is 0.390 e. The van der Waals surface area contributed by atoms with E-state index in [0.29, 0.717) is 18.7 Å². The van der Waals surface area contributed by atoms with Crippen molar-refractivity contribution in [2.75, 3.05) is 11.4 Å². The number of hydrogen-bond acceptors (Lipinski definition) is 3. The Labute approximate surface area is 127 Å². The molecule has 2 atom stereocenters. The van der Waals surface area contributed by atoms with Crippen LogP contribution in [0.4, 0.5) is 10.5 Å². The summed E-state index contributed by atoms with van der Waals surface area (Å²) in [5.74, 6) is -0.330. The number of rotatable bonds is 1. The molecule has 0 aromatic heterocycles. The molecule has 0 saturated carbocycles. The summed E-state index contributed by atoms with van der Waals surface area (Å²) < 4.78 is 0. The maximum atomic E-state index is 12.6. The summed E-state index contributed by atoms with van der Waals surface area (Å²) in [7, 11) is 0. The Morgan fingerprint density at radius 2 is 1.82 bits per heavy atom. The van der Waals surface area contributed by atoms with Crippen LogP contribution in [0, 0.1) is 6.92 Å². The second-order valence-corrected chi connectivity index (χ2v) is 5.90. The lowest BCUT2D eigenvalue weighted by Gasteiger charge is -2.18. The molecule has 112 valence electrons. The minimum absolute atomic E-state index is 0.330. The lowest BCUT2D eigenvalue weighted by molar-refractivity contribution is -0.121. The summed E-state index contributed by atoms with van der Waals surface area (Å²) in [4.78, 5) is 27.9. The molecule has 2 aliphatic heterocycles. The van der Waals surface area contributed by atoms with Gasteiger partial charge in [0.25, 0.3) is 5.91 Å². The number of aliphatic hydroxyl groups excluding tert-OH is 1. The van der Waals surface area contributed by atoms with E-state index in [2.05, 4.69) is 0 Å². The number of urea groups is 1. The van der Waals surface area contributed by atoms with Crippen molar-refractivity contribution in [3.8, 4) is 0 Å². The Hall–Kier alpha value is -2.40. The molecule has 2 saturated heterocycles. The van der Waals surface area contributed by atoms with Crippen LogP contribution in [0.2, 0.25) is 0 Å². The Morgan fingerprint density at radius 3 is 2.55 bits per heavy atom. The molecule has 5 nitrogen and oxygen atoms in total. The van der Waals surface area contributed by atoms with Crippen LogP contribution in [-0.4, -0.2) is 40.6 Å². The zero-order valence-electron chi connectivity index (χ0n) is 12.2. The predicted octanol–water partition coefficient (Wildman–Crippen LogP) is 2.05. The van der Waals surface area contributed by atoms with Crippen molar-refractivity contribution in [1.29, 1.82) is 0 Å². The van der Waals surface area contributed by atoms with Crippen LogP contribution in [0.3, 0.4) is 0 Å². The van der Waals surface area contributed by atoms with Gasteiger partial charge in [-0.05, 0) is 30.4 Å². The van der Waals surface area contributed by atoms with Gasteiger partial charge in [0.1, 0.15) is 6.04 Å². The highest BCUT2D eigenvalue weighted by molar-refractivity contribution is 6.24. The molecule has 0 unspecified atom stereocenters. The standard InChI is InChI=1S/C17H16N2O3/c1-10-6-7-13(12-5-3-2-4-11(10)12)19-16(21)15-14(20)8-9-18(15)17(19)22/h2-7,14-15,20H,8-9H2,1H3/t14-,15+/m1/s1. The lowest BCUT2D eigenvalue weighted by Crippen LogP contribution is -2.36. The summed E-state index contributed by atoms with van der Waals surface area (Å²) >= 11 is 0. The van der Waals surface area contributed by atoms with Crippen LogP contribution in [0.5, 0.6) is 0 Å². The number of fused-ring (bicyclic) bond motifs is 2. The van der Waals surface area contributed by atoms with E-state index in [0.717, 1.165) is 16.3 Å². The fourth-order valence-electron chi connectivity index (χ4n) is 3.49. The lowest BCUT2D eigenvalue weighted by atomic mass is 10.0. The van der Waals surface area contributed by atoms with Crippen molar-refractivity contribution < 1.29 is 14.7 Å². The number of nitrogens with zero attached hydrogens (tertiary/aromatic N) is 2. The van der Waals surface area contributed by atoms with Gasteiger partial charge in [0.05, 0.1) is 11.8 Å². The van der Waals surface area contributed by atoms with Crippen LogP contribution in [0.1, 0.15) is 12.0 Å². The third-order valence-electron chi connectivity index (χ3n) is 4.64. The molecule has 3 amide bonds. The minimum atomic E-state index is -0.766. The predicted molar refractivity (Wildman–Crippen MR) is 82.7 cm³/mol. The first kappa shape index (κ1) is 13.3. The first-order valence-electron chi connectivity index (χ1n) is 7.40. The van der Waals surface area contributed by atoms with Gasteiger partial charge in [0.2, 0.25) is 0 Å². The van der Waals surface area contributed by atoms with E-state index in [9.17, 15) is 14.7 Å². The molecule has 2 aromatic rings. The molecule has 0 spiro atoms. The maximum absolute atomic E-state index is 12.6. The van der Waals surface area contributed by atoms with Gasteiger partial charge in [-0.3, -0.25) is 4.79 Å². The first-order chi connectivity index (χ1) is 10.6. The summed E-state index contributed by atoms with van der Waals surface area (Å²) in [6, 6.07) is 10.4. The summed E-state index contributed by atoms with van der Waals surface area (Å²) in [5.41, 5.74) is 1.69. The Balaban J connectivity index is 1.88. The van der Waals surface area contributed by atoms with Gasteiger partial charge in [-0.25, -0.2) is 9.69 Å². The van der Waals surface area contributed by atoms with Gasteiger partial charge < -0.3 is 10.0 Å². The molecule has 0 aliphatic carbocycles. The second kappa shape index (κ2) is 4.55. The molecule has 0 bridgehead atoms.